The third kappa shape index (κ3) is 3.01. The van der Waals surface area contributed by atoms with Gasteiger partial charge in [-0.15, -0.1) is 11.8 Å². The Morgan fingerprint density at radius 3 is 2.90 bits per heavy atom. The summed E-state index contributed by atoms with van der Waals surface area (Å²) in [5.74, 6) is 1.18. The van der Waals surface area contributed by atoms with Crippen molar-refractivity contribution in [3.63, 3.8) is 0 Å². The van der Waals surface area contributed by atoms with Crippen molar-refractivity contribution in [2.75, 3.05) is 5.75 Å². The lowest BCUT2D eigenvalue weighted by Gasteiger charge is -2.28. The van der Waals surface area contributed by atoms with Crippen molar-refractivity contribution in [1.29, 1.82) is 0 Å². The molecule has 108 valence electrons. The van der Waals surface area contributed by atoms with Crippen molar-refractivity contribution < 1.29 is 4.79 Å². The molecule has 1 amide bonds. The summed E-state index contributed by atoms with van der Waals surface area (Å²) in [4.78, 5) is 13.6. The molecular formula is C16H22N2OS. The number of nitrogens with two attached hydrogens (primary N) is 1. The molecule has 1 unspecified atom stereocenters. The molecule has 1 fully saturated rings. The standard InChI is InChI=1S/C16H22N2OS/c17-16(8-3-4-9-16)11-15(19)18-13-7-10-20-14-6-2-1-5-12(13)14/h1-2,5-6,13H,3-4,7-11,17H2,(H,18,19). The Labute approximate surface area is 124 Å². The highest BCUT2D eigenvalue weighted by molar-refractivity contribution is 7.99. The summed E-state index contributed by atoms with van der Waals surface area (Å²) in [6, 6.07) is 8.53. The van der Waals surface area contributed by atoms with Gasteiger partial charge in [-0.2, -0.15) is 0 Å². The van der Waals surface area contributed by atoms with Gasteiger partial charge in [-0.05, 0) is 30.9 Å². The van der Waals surface area contributed by atoms with E-state index in [9.17, 15) is 4.79 Å². The molecule has 1 aliphatic heterocycles. The van der Waals surface area contributed by atoms with Gasteiger partial charge in [0, 0.05) is 22.6 Å². The minimum atomic E-state index is -0.257. The third-order valence-electron chi connectivity index (χ3n) is 4.41. The van der Waals surface area contributed by atoms with Crippen molar-refractivity contribution in [2.45, 2.75) is 55.0 Å². The van der Waals surface area contributed by atoms with E-state index in [4.69, 9.17) is 5.73 Å². The third-order valence-corrected chi connectivity index (χ3v) is 5.53. The molecule has 0 bridgehead atoms. The van der Waals surface area contributed by atoms with Crippen molar-refractivity contribution in [3.8, 4) is 0 Å². The maximum atomic E-state index is 12.3. The fourth-order valence-electron chi connectivity index (χ4n) is 3.31. The monoisotopic (exact) mass is 290 g/mol. The summed E-state index contributed by atoms with van der Waals surface area (Å²) in [5, 5.41) is 3.19. The number of thioether (sulfide) groups is 1. The van der Waals surface area contributed by atoms with E-state index in [0.29, 0.717) is 6.42 Å². The summed E-state index contributed by atoms with van der Waals surface area (Å²) in [6.45, 7) is 0. The second-order valence-corrected chi connectivity index (χ2v) is 7.18. The van der Waals surface area contributed by atoms with Gasteiger partial charge in [-0.3, -0.25) is 4.79 Å². The number of nitrogens with one attached hydrogen (secondary N) is 1. The molecule has 1 heterocycles. The van der Waals surface area contributed by atoms with E-state index in [2.05, 4.69) is 23.5 Å². The first kappa shape index (κ1) is 14.0. The predicted molar refractivity (Wildman–Crippen MR) is 82.7 cm³/mol. The maximum Gasteiger partial charge on any atom is 0.222 e. The molecule has 3 nitrogen and oxygen atoms in total. The number of benzene rings is 1. The van der Waals surface area contributed by atoms with Crippen LogP contribution < -0.4 is 11.1 Å². The van der Waals surface area contributed by atoms with Crippen LogP contribution in [0.3, 0.4) is 0 Å². The summed E-state index contributed by atoms with van der Waals surface area (Å²) >= 11 is 1.88. The number of rotatable bonds is 3. The van der Waals surface area contributed by atoms with Gasteiger partial charge in [0.05, 0.1) is 6.04 Å². The molecule has 1 saturated carbocycles. The maximum absolute atomic E-state index is 12.3. The first-order valence-electron chi connectivity index (χ1n) is 7.46. The average Bonchev–Trinajstić information content (AvgIpc) is 2.85. The molecule has 0 radical (unpaired) electrons. The number of hydrogen-bond donors (Lipinski definition) is 2. The fraction of sp³-hybridized carbons (Fsp3) is 0.562. The minimum absolute atomic E-state index is 0.112. The highest BCUT2D eigenvalue weighted by Gasteiger charge is 2.32. The summed E-state index contributed by atoms with van der Waals surface area (Å²) < 4.78 is 0. The molecule has 2 aliphatic rings. The van der Waals surface area contributed by atoms with Crippen LogP contribution in [0.2, 0.25) is 0 Å². The Kier molecular flexibility index (Phi) is 4.03. The van der Waals surface area contributed by atoms with Gasteiger partial charge in [0.15, 0.2) is 0 Å². The van der Waals surface area contributed by atoms with Crippen molar-refractivity contribution in [2.24, 2.45) is 5.73 Å². The lowest BCUT2D eigenvalue weighted by molar-refractivity contribution is -0.123. The quantitative estimate of drug-likeness (QED) is 0.899. The zero-order valence-electron chi connectivity index (χ0n) is 11.7. The van der Waals surface area contributed by atoms with Gasteiger partial charge in [-0.1, -0.05) is 31.0 Å². The first-order chi connectivity index (χ1) is 9.66. The Balaban J connectivity index is 1.65. The van der Waals surface area contributed by atoms with Gasteiger partial charge >= 0.3 is 0 Å². The predicted octanol–water partition coefficient (Wildman–Crippen LogP) is 3.00. The summed E-state index contributed by atoms with van der Waals surface area (Å²) in [6.07, 6.45) is 5.76. The van der Waals surface area contributed by atoms with Gasteiger partial charge < -0.3 is 11.1 Å². The van der Waals surface area contributed by atoms with Gasteiger partial charge in [0.25, 0.3) is 0 Å². The van der Waals surface area contributed by atoms with Gasteiger partial charge in [-0.25, -0.2) is 0 Å². The second-order valence-electron chi connectivity index (χ2n) is 6.04. The minimum Gasteiger partial charge on any atom is -0.349 e. The van der Waals surface area contributed by atoms with E-state index in [1.807, 2.05) is 17.8 Å². The molecule has 3 N–H and O–H groups in total. The smallest absolute Gasteiger partial charge is 0.222 e. The van der Waals surface area contributed by atoms with Crippen LogP contribution >= 0.6 is 11.8 Å². The number of fused-ring (bicyclic) bond motifs is 1. The highest BCUT2D eigenvalue weighted by atomic mass is 32.2. The van der Waals surface area contributed by atoms with E-state index in [1.165, 1.54) is 10.5 Å². The molecule has 3 rings (SSSR count). The van der Waals surface area contributed by atoms with Crippen LogP contribution in [0.25, 0.3) is 0 Å². The van der Waals surface area contributed by atoms with E-state index in [1.54, 1.807) is 0 Å². The Hall–Kier alpha value is -1.00. The van der Waals surface area contributed by atoms with Crippen LogP contribution in [0.1, 0.15) is 50.1 Å². The van der Waals surface area contributed by atoms with E-state index in [-0.39, 0.29) is 17.5 Å². The molecule has 0 saturated heterocycles. The Bertz CT molecular complexity index is 497. The zero-order chi connectivity index (χ0) is 14.0. The van der Waals surface area contributed by atoms with Gasteiger partial charge in [0.2, 0.25) is 5.91 Å². The molecule has 1 atom stereocenters. The van der Waals surface area contributed by atoms with Gasteiger partial charge in [0.1, 0.15) is 0 Å². The molecular weight excluding hydrogens is 268 g/mol. The fourth-order valence-corrected chi connectivity index (χ4v) is 4.44. The molecule has 1 aromatic carbocycles. The largest absolute Gasteiger partial charge is 0.349 e. The van der Waals surface area contributed by atoms with Crippen molar-refractivity contribution in [1.82, 2.24) is 5.32 Å². The van der Waals surface area contributed by atoms with Crippen LogP contribution in [-0.4, -0.2) is 17.2 Å². The first-order valence-corrected chi connectivity index (χ1v) is 8.45. The van der Waals surface area contributed by atoms with E-state index >= 15 is 0 Å². The van der Waals surface area contributed by atoms with Crippen molar-refractivity contribution in [3.05, 3.63) is 29.8 Å². The van der Waals surface area contributed by atoms with Crippen LogP contribution in [0.15, 0.2) is 29.2 Å². The normalized spacial score (nSPS) is 24.1. The Morgan fingerprint density at radius 1 is 1.35 bits per heavy atom. The topological polar surface area (TPSA) is 55.1 Å². The van der Waals surface area contributed by atoms with Crippen LogP contribution in [-0.2, 0) is 4.79 Å². The summed E-state index contributed by atoms with van der Waals surface area (Å²) in [7, 11) is 0. The molecule has 4 heteroatoms. The Morgan fingerprint density at radius 2 is 2.10 bits per heavy atom. The number of carbonyl (C=O) groups is 1. The molecule has 0 aromatic heterocycles. The number of amides is 1. The lowest BCUT2D eigenvalue weighted by Crippen LogP contribution is -2.43. The van der Waals surface area contributed by atoms with E-state index in [0.717, 1.165) is 37.9 Å². The molecule has 1 aromatic rings. The van der Waals surface area contributed by atoms with E-state index < -0.39 is 0 Å². The van der Waals surface area contributed by atoms with Crippen LogP contribution in [0.5, 0.6) is 0 Å². The highest BCUT2D eigenvalue weighted by Crippen LogP contribution is 2.36. The molecule has 0 spiro atoms. The SMILES string of the molecule is NC1(CC(=O)NC2CCSc3ccccc32)CCCC1. The summed E-state index contributed by atoms with van der Waals surface area (Å²) in [5.41, 5.74) is 7.30. The average molecular weight is 290 g/mol. The van der Waals surface area contributed by atoms with Crippen LogP contribution in [0, 0.1) is 0 Å². The van der Waals surface area contributed by atoms with Crippen LogP contribution in [0.4, 0.5) is 0 Å². The molecule has 1 aliphatic carbocycles. The second kappa shape index (κ2) is 5.78. The zero-order valence-corrected chi connectivity index (χ0v) is 12.5. The number of hydrogen-bond acceptors (Lipinski definition) is 3. The lowest BCUT2D eigenvalue weighted by atomic mass is 9.94. The molecule has 20 heavy (non-hydrogen) atoms. The number of carbonyl (C=O) groups excluding carboxylic acids is 1. The van der Waals surface area contributed by atoms with Crippen molar-refractivity contribution >= 4 is 17.7 Å².